The van der Waals surface area contributed by atoms with Crippen molar-refractivity contribution < 1.29 is 5.11 Å². The largest absolute Gasteiger partial charge is 0.394 e. The van der Waals surface area contributed by atoms with Crippen molar-refractivity contribution in [3.05, 3.63) is 46.0 Å². The molecule has 0 saturated heterocycles. The molecule has 0 radical (unpaired) electrons. The smallest absolute Gasteiger partial charge is 0.125 e. The lowest BCUT2D eigenvalue weighted by Crippen LogP contribution is -2.09. The average molecular weight is 305 g/mol. The summed E-state index contributed by atoms with van der Waals surface area (Å²) in [5, 5.41) is 21.2. The highest BCUT2D eigenvalue weighted by molar-refractivity contribution is 7.13. The molecule has 0 aliphatic carbocycles. The molecule has 0 fully saturated rings. The Labute approximate surface area is 125 Å². The number of rotatable bonds is 6. The summed E-state index contributed by atoms with van der Waals surface area (Å²) in [4.78, 5) is 2.42. The molecule has 4 nitrogen and oxygen atoms in total. The van der Waals surface area contributed by atoms with Crippen molar-refractivity contribution in [2.75, 3.05) is 11.9 Å². The van der Waals surface area contributed by atoms with E-state index >= 15 is 0 Å². The standard InChI is InChI=1S/C14H15N3OS2/c18-6-5-17-14(15-10-11-3-1-7-19-11)9-12(16-17)13-4-2-8-20-13/h1-4,7-9,15,18H,5-6,10H2. The first-order valence-corrected chi connectivity index (χ1v) is 8.11. The van der Waals surface area contributed by atoms with E-state index in [9.17, 15) is 0 Å². The van der Waals surface area contributed by atoms with Crippen LogP contribution in [0, 0.1) is 0 Å². The quantitative estimate of drug-likeness (QED) is 0.735. The number of nitrogens with one attached hydrogen (secondary N) is 1. The second-order valence-electron chi connectivity index (χ2n) is 4.27. The minimum Gasteiger partial charge on any atom is -0.394 e. The Morgan fingerprint density at radius 3 is 2.75 bits per heavy atom. The van der Waals surface area contributed by atoms with Crippen molar-refractivity contribution in [1.82, 2.24) is 9.78 Å². The molecule has 0 unspecified atom stereocenters. The maximum absolute atomic E-state index is 9.15. The Morgan fingerprint density at radius 1 is 1.20 bits per heavy atom. The van der Waals surface area contributed by atoms with E-state index in [0.717, 1.165) is 22.9 Å². The number of aliphatic hydroxyl groups excluding tert-OH is 1. The highest BCUT2D eigenvalue weighted by Crippen LogP contribution is 2.26. The van der Waals surface area contributed by atoms with Gasteiger partial charge < -0.3 is 10.4 Å². The van der Waals surface area contributed by atoms with Gasteiger partial charge in [-0.2, -0.15) is 5.10 Å². The van der Waals surface area contributed by atoms with Crippen LogP contribution in [-0.4, -0.2) is 21.5 Å². The maximum Gasteiger partial charge on any atom is 0.125 e. The van der Waals surface area contributed by atoms with E-state index < -0.39 is 0 Å². The summed E-state index contributed by atoms with van der Waals surface area (Å²) in [5.74, 6) is 0.941. The van der Waals surface area contributed by atoms with Gasteiger partial charge in [-0.05, 0) is 22.9 Å². The van der Waals surface area contributed by atoms with E-state index in [1.807, 2.05) is 28.3 Å². The van der Waals surface area contributed by atoms with Gasteiger partial charge in [0.2, 0.25) is 0 Å². The van der Waals surface area contributed by atoms with Gasteiger partial charge >= 0.3 is 0 Å². The summed E-state index contributed by atoms with van der Waals surface area (Å²) in [6.45, 7) is 1.36. The van der Waals surface area contributed by atoms with Crippen LogP contribution < -0.4 is 5.32 Å². The first-order valence-electron chi connectivity index (χ1n) is 6.35. The van der Waals surface area contributed by atoms with E-state index in [4.69, 9.17) is 5.11 Å². The number of nitrogens with zero attached hydrogens (tertiary/aromatic N) is 2. The minimum absolute atomic E-state index is 0.0826. The molecule has 0 aliphatic heterocycles. The molecule has 0 aromatic carbocycles. The lowest BCUT2D eigenvalue weighted by molar-refractivity contribution is 0.270. The van der Waals surface area contributed by atoms with Crippen molar-refractivity contribution >= 4 is 28.5 Å². The number of hydrogen-bond acceptors (Lipinski definition) is 5. The number of thiophene rings is 2. The van der Waals surface area contributed by atoms with Gasteiger partial charge in [-0.25, -0.2) is 4.68 Å². The Balaban J connectivity index is 1.80. The molecular formula is C14H15N3OS2. The number of anilines is 1. The number of aliphatic hydroxyl groups is 1. The molecule has 3 aromatic rings. The number of aromatic nitrogens is 2. The van der Waals surface area contributed by atoms with E-state index in [0.29, 0.717) is 6.54 Å². The molecule has 3 heterocycles. The Kier molecular flexibility index (Phi) is 4.15. The van der Waals surface area contributed by atoms with E-state index in [2.05, 4.69) is 27.9 Å². The summed E-state index contributed by atoms with van der Waals surface area (Å²) >= 11 is 3.39. The molecule has 0 amide bonds. The van der Waals surface area contributed by atoms with Crippen molar-refractivity contribution in [1.29, 1.82) is 0 Å². The molecular weight excluding hydrogens is 290 g/mol. The minimum atomic E-state index is 0.0826. The predicted octanol–water partition coefficient (Wildman–Crippen LogP) is 3.28. The van der Waals surface area contributed by atoms with Crippen LogP contribution in [0.25, 0.3) is 10.6 Å². The molecule has 0 spiro atoms. The molecule has 20 heavy (non-hydrogen) atoms. The second kappa shape index (κ2) is 6.21. The van der Waals surface area contributed by atoms with E-state index in [-0.39, 0.29) is 6.61 Å². The normalized spacial score (nSPS) is 10.8. The molecule has 104 valence electrons. The van der Waals surface area contributed by atoms with Gasteiger partial charge in [-0.1, -0.05) is 12.1 Å². The Bertz CT molecular complexity index is 644. The summed E-state index contributed by atoms with van der Waals surface area (Å²) in [7, 11) is 0. The molecule has 0 bridgehead atoms. The lowest BCUT2D eigenvalue weighted by atomic mass is 10.3. The fourth-order valence-corrected chi connectivity index (χ4v) is 3.29. The summed E-state index contributed by atoms with van der Waals surface area (Å²) in [6.07, 6.45) is 0. The second-order valence-corrected chi connectivity index (χ2v) is 6.25. The monoisotopic (exact) mass is 305 g/mol. The average Bonchev–Trinajstić information content (AvgIpc) is 3.19. The Hall–Kier alpha value is -1.63. The van der Waals surface area contributed by atoms with Gasteiger partial charge in [0, 0.05) is 10.9 Å². The highest BCUT2D eigenvalue weighted by atomic mass is 32.1. The first-order chi connectivity index (χ1) is 9.86. The topological polar surface area (TPSA) is 50.1 Å². The van der Waals surface area contributed by atoms with Crippen molar-refractivity contribution in [3.8, 4) is 10.6 Å². The van der Waals surface area contributed by atoms with Gasteiger partial charge in [0.1, 0.15) is 11.5 Å². The third-order valence-corrected chi connectivity index (χ3v) is 4.66. The molecule has 3 rings (SSSR count). The molecule has 2 N–H and O–H groups in total. The zero-order valence-electron chi connectivity index (χ0n) is 10.8. The van der Waals surface area contributed by atoms with Crippen molar-refractivity contribution in [2.24, 2.45) is 0 Å². The molecule has 0 aliphatic rings. The lowest BCUT2D eigenvalue weighted by Gasteiger charge is -2.07. The highest BCUT2D eigenvalue weighted by Gasteiger charge is 2.10. The summed E-state index contributed by atoms with van der Waals surface area (Å²) in [6, 6.07) is 10.3. The number of hydrogen-bond donors (Lipinski definition) is 2. The van der Waals surface area contributed by atoms with Crippen LogP contribution >= 0.6 is 22.7 Å². The predicted molar refractivity (Wildman–Crippen MR) is 84.3 cm³/mol. The molecule has 6 heteroatoms. The van der Waals surface area contributed by atoms with Gasteiger partial charge in [-0.15, -0.1) is 22.7 Å². The van der Waals surface area contributed by atoms with Gasteiger partial charge in [-0.3, -0.25) is 0 Å². The van der Waals surface area contributed by atoms with Crippen LogP contribution in [0.3, 0.4) is 0 Å². The summed E-state index contributed by atoms with van der Waals surface area (Å²) < 4.78 is 1.82. The molecule has 0 saturated carbocycles. The zero-order chi connectivity index (χ0) is 13.8. The summed E-state index contributed by atoms with van der Waals surface area (Å²) in [5.41, 5.74) is 0.946. The SMILES string of the molecule is OCCn1nc(-c2cccs2)cc1NCc1cccs1. The fourth-order valence-electron chi connectivity index (χ4n) is 1.96. The van der Waals surface area contributed by atoms with Gasteiger partial charge in [0.25, 0.3) is 0 Å². The van der Waals surface area contributed by atoms with Crippen LogP contribution in [0.5, 0.6) is 0 Å². The van der Waals surface area contributed by atoms with Gasteiger partial charge in [0.05, 0.1) is 24.6 Å². The Morgan fingerprint density at radius 2 is 2.05 bits per heavy atom. The maximum atomic E-state index is 9.15. The van der Waals surface area contributed by atoms with E-state index in [1.54, 1.807) is 22.7 Å². The zero-order valence-corrected chi connectivity index (χ0v) is 12.5. The van der Waals surface area contributed by atoms with Crippen LogP contribution in [0.15, 0.2) is 41.1 Å². The van der Waals surface area contributed by atoms with Gasteiger partial charge in [0.15, 0.2) is 0 Å². The van der Waals surface area contributed by atoms with Crippen LogP contribution in [0.2, 0.25) is 0 Å². The third kappa shape index (κ3) is 2.92. The van der Waals surface area contributed by atoms with Crippen LogP contribution in [-0.2, 0) is 13.1 Å². The van der Waals surface area contributed by atoms with Crippen LogP contribution in [0.4, 0.5) is 5.82 Å². The third-order valence-electron chi connectivity index (χ3n) is 2.89. The molecule has 3 aromatic heterocycles. The molecule has 0 atom stereocenters. The van der Waals surface area contributed by atoms with E-state index in [1.165, 1.54) is 4.88 Å². The van der Waals surface area contributed by atoms with Crippen LogP contribution in [0.1, 0.15) is 4.88 Å². The van der Waals surface area contributed by atoms with Crippen molar-refractivity contribution in [2.45, 2.75) is 13.1 Å². The fraction of sp³-hybridized carbons (Fsp3) is 0.214. The van der Waals surface area contributed by atoms with Crippen molar-refractivity contribution in [3.63, 3.8) is 0 Å². The first kappa shape index (κ1) is 13.4.